The van der Waals surface area contributed by atoms with Crippen LogP contribution in [0.4, 0.5) is 0 Å². The van der Waals surface area contributed by atoms with Gasteiger partial charge in [-0.1, -0.05) is 45.7 Å². The molecule has 1 unspecified atom stereocenters. The maximum atomic E-state index is 6.27. The van der Waals surface area contributed by atoms with Crippen molar-refractivity contribution in [1.29, 1.82) is 0 Å². The quantitative estimate of drug-likeness (QED) is 0.873. The average Bonchev–Trinajstić information content (AvgIpc) is 2.28. The van der Waals surface area contributed by atoms with Crippen LogP contribution in [0.1, 0.15) is 22.7 Å². The van der Waals surface area contributed by atoms with E-state index in [1.54, 1.807) is 0 Å². The maximum absolute atomic E-state index is 6.27. The predicted molar refractivity (Wildman–Crippen MR) is 81.0 cm³/mol. The van der Waals surface area contributed by atoms with Gasteiger partial charge in [0.15, 0.2) is 0 Å². The second-order valence-corrected chi connectivity index (χ2v) is 5.79. The molecule has 94 valence electrons. The zero-order chi connectivity index (χ0) is 13.1. The lowest BCUT2D eigenvalue weighted by Crippen LogP contribution is -2.14. The molecule has 0 radical (unpaired) electrons. The molecule has 2 rings (SSSR count). The zero-order valence-corrected chi connectivity index (χ0v) is 12.5. The first kappa shape index (κ1) is 13.6. The molecule has 0 saturated carbocycles. The summed E-state index contributed by atoms with van der Waals surface area (Å²) in [6, 6.07) is 14.1. The highest BCUT2D eigenvalue weighted by molar-refractivity contribution is 9.10. The summed E-state index contributed by atoms with van der Waals surface area (Å²) >= 11 is 9.44. The van der Waals surface area contributed by atoms with E-state index in [1.165, 1.54) is 11.1 Å². The molecule has 18 heavy (non-hydrogen) atoms. The van der Waals surface area contributed by atoms with Crippen LogP contribution in [0.2, 0.25) is 5.02 Å². The van der Waals surface area contributed by atoms with Gasteiger partial charge < -0.3 is 5.73 Å². The van der Waals surface area contributed by atoms with E-state index >= 15 is 0 Å². The summed E-state index contributed by atoms with van der Waals surface area (Å²) < 4.78 is 1.08. The zero-order valence-electron chi connectivity index (χ0n) is 10.2. The van der Waals surface area contributed by atoms with E-state index in [1.807, 2.05) is 24.3 Å². The van der Waals surface area contributed by atoms with Gasteiger partial charge in [-0.15, -0.1) is 0 Å². The Morgan fingerprint density at radius 3 is 2.67 bits per heavy atom. The van der Waals surface area contributed by atoms with Crippen molar-refractivity contribution in [3.05, 3.63) is 68.7 Å². The standard InChI is InChI=1S/C15H15BrClN/c1-10-7-12(16)5-6-14(10)15(18)9-11-3-2-4-13(17)8-11/h2-8,15H,9,18H2,1H3. The molecular weight excluding hydrogens is 310 g/mol. The fourth-order valence-corrected chi connectivity index (χ4v) is 2.77. The molecule has 0 amide bonds. The van der Waals surface area contributed by atoms with Gasteiger partial charge in [0.2, 0.25) is 0 Å². The van der Waals surface area contributed by atoms with Gasteiger partial charge in [0.25, 0.3) is 0 Å². The van der Waals surface area contributed by atoms with E-state index in [0.29, 0.717) is 0 Å². The van der Waals surface area contributed by atoms with E-state index in [4.69, 9.17) is 17.3 Å². The molecule has 1 nitrogen and oxygen atoms in total. The normalized spacial score (nSPS) is 12.4. The fourth-order valence-electron chi connectivity index (χ4n) is 2.08. The maximum Gasteiger partial charge on any atom is 0.0408 e. The minimum atomic E-state index is -0.00318. The van der Waals surface area contributed by atoms with Crippen LogP contribution in [0.5, 0.6) is 0 Å². The molecule has 2 N–H and O–H groups in total. The number of nitrogens with two attached hydrogens (primary N) is 1. The summed E-state index contributed by atoms with van der Waals surface area (Å²) in [6.45, 7) is 2.08. The minimum absolute atomic E-state index is 0.00318. The Hall–Kier alpha value is -0.830. The smallest absolute Gasteiger partial charge is 0.0408 e. The van der Waals surface area contributed by atoms with Crippen molar-refractivity contribution in [1.82, 2.24) is 0 Å². The molecule has 0 saturated heterocycles. The van der Waals surface area contributed by atoms with Gasteiger partial charge in [-0.05, 0) is 54.3 Å². The van der Waals surface area contributed by atoms with Gasteiger partial charge in [-0.3, -0.25) is 0 Å². The number of benzene rings is 2. The van der Waals surface area contributed by atoms with Crippen molar-refractivity contribution in [2.45, 2.75) is 19.4 Å². The van der Waals surface area contributed by atoms with E-state index < -0.39 is 0 Å². The second kappa shape index (κ2) is 5.87. The van der Waals surface area contributed by atoms with Crippen molar-refractivity contribution in [2.75, 3.05) is 0 Å². The van der Waals surface area contributed by atoms with Crippen molar-refractivity contribution in [2.24, 2.45) is 5.73 Å². The topological polar surface area (TPSA) is 26.0 Å². The number of hydrogen-bond donors (Lipinski definition) is 1. The first-order chi connectivity index (χ1) is 8.56. The molecule has 0 aliphatic rings. The Morgan fingerprint density at radius 2 is 2.00 bits per heavy atom. The summed E-state index contributed by atoms with van der Waals surface area (Å²) in [5.41, 5.74) is 9.82. The third-order valence-electron chi connectivity index (χ3n) is 2.98. The predicted octanol–water partition coefficient (Wildman–Crippen LogP) is 4.65. The highest BCUT2D eigenvalue weighted by atomic mass is 79.9. The van der Waals surface area contributed by atoms with Crippen molar-refractivity contribution >= 4 is 27.5 Å². The number of aryl methyl sites for hydroxylation is 1. The highest BCUT2D eigenvalue weighted by Gasteiger charge is 2.10. The van der Waals surface area contributed by atoms with Gasteiger partial charge in [0.1, 0.15) is 0 Å². The van der Waals surface area contributed by atoms with Gasteiger partial charge in [0, 0.05) is 15.5 Å². The van der Waals surface area contributed by atoms with Crippen LogP contribution in [0.25, 0.3) is 0 Å². The Bertz CT molecular complexity index is 554. The summed E-state index contributed by atoms with van der Waals surface area (Å²) in [4.78, 5) is 0. The van der Waals surface area contributed by atoms with Crippen LogP contribution >= 0.6 is 27.5 Å². The second-order valence-electron chi connectivity index (χ2n) is 4.44. The molecule has 2 aromatic rings. The first-order valence-corrected chi connectivity index (χ1v) is 6.99. The lowest BCUT2D eigenvalue weighted by molar-refractivity contribution is 0.716. The fraction of sp³-hybridized carbons (Fsp3) is 0.200. The van der Waals surface area contributed by atoms with Crippen LogP contribution < -0.4 is 5.73 Å². The number of hydrogen-bond acceptors (Lipinski definition) is 1. The van der Waals surface area contributed by atoms with E-state index in [2.05, 4.69) is 41.1 Å². The summed E-state index contributed by atoms with van der Waals surface area (Å²) in [5, 5.41) is 0.757. The third kappa shape index (κ3) is 3.35. The average molecular weight is 325 g/mol. The first-order valence-electron chi connectivity index (χ1n) is 5.82. The van der Waals surface area contributed by atoms with Crippen LogP contribution in [-0.2, 0) is 6.42 Å². The van der Waals surface area contributed by atoms with Crippen LogP contribution in [0.3, 0.4) is 0 Å². The molecule has 2 aromatic carbocycles. The molecule has 0 fully saturated rings. The van der Waals surface area contributed by atoms with Crippen LogP contribution in [-0.4, -0.2) is 0 Å². The van der Waals surface area contributed by atoms with Gasteiger partial charge >= 0.3 is 0 Å². The lowest BCUT2D eigenvalue weighted by Gasteiger charge is -2.15. The van der Waals surface area contributed by atoms with Gasteiger partial charge in [0.05, 0.1) is 0 Å². The SMILES string of the molecule is Cc1cc(Br)ccc1C(N)Cc1cccc(Cl)c1. The van der Waals surface area contributed by atoms with Gasteiger partial charge in [-0.2, -0.15) is 0 Å². The number of halogens is 2. The molecule has 1 atom stereocenters. The molecule has 0 bridgehead atoms. The summed E-state index contributed by atoms with van der Waals surface area (Å²) in [5.74, 6) is 0. The molecule has 0 aromatic heterocycles. The number of rotatable bonds is 3. The molecule has 0 aliphatic carbocycles. The minimum Gasteiger partial charge on any atom is -0.324 e. The van der Waals surface area contributed by atoms with E-state index in [0.717, 1.165) is 21.5 Å². The summed E-state index contributed by atoms with van der Waals surface area (Å²) in [6.07, 6.45) is 0.795. The molecule has 0 heterocycles. The lowest BCUT2D eigenvalue weighted by atomic mass is 9.96. The van der Waals surface area contributed by atoms with E-state index in [9.17, 15) is 0 Å². The largest absolute Gasteiger partial charge is 0.324 e. The molecule has 0 spiro atoms. The molecule has 0 aliphatic heterocycles. The van der Waals surface area contributed by atoms with Gasteiger partial charge in [-0.25, -0.2) is 0 Å². The molecular formula is C15H15BrClN. The van der Waals surface area contributed by atoms with Crippen LogP contribution in [0, 0.1) is 6.92 Å². The van der Waals surface area contributed by atoms with Crippen molar-refractivity contribution < 1.29 is 0 Å². The van der Waals surface area contributed by atoms with E-state index in [-0.39, 0.29) is 6.04 Å². The Balaban J connectivity index is 2.19. The van der Waals surface area contributed by atoms with Crippen molar-refractivity contribution in [3.63, 3.8) is 0 Å². The Morgan fingerprint density at radius 1 is 1.22 bits per heavy atom. The van der Waals surface area contributed by atoms with Crippen LogP contribution in [0.15, 0.2) is 46.9 Å². The van der Waals surface area contributed by atoms with Crippen molar-refractivity contribution in [3.8, 4) is 0 Å². The molecule has 3 heteroatoms. The Labute approximate surface area is 121 Å². The third-order valence-corrected chi connectivity index (χ3v) is 3.70. The summed E-state index contributed by atoms with van der Waals surface area (Å²) in [7, 11) is 0. The monoisotopic (exact) mass is 323 g/mol. The highest BCUT2D eigenvalue weighted by Crippen LogP contribution is 2.23. The Kier molecular flexibility index (Phi) is 4.44.